The molecule has 1 aromatic rings. The number of hydrogen-bond acceptors (Lipinski definition) is 2. The van der Waals surface area contributed by atoms with E-state index in [1.165, 1.54) is 25.3 Å². The molecule has 96 valence electrons. The maximum atomic E-state index is 13.9. The van der Waals surface area contributed by atoms with Crippen molar-refractivity contribution in [3.63, 3.8) is 0 Å². The zero-order chi connectivity index (χ0) is 12.7. The fraction of sp³-hybridized carbons (Fsp3) is 0.500. The first-order valence-electron chi connectivity index (χ1n) is 6.50. The van der Waals surface area contributed by atoms with Gasteiger partial charge in [-0.05, 0) is 36.8 Å². The van der Waals surface area contributed by atoms with E-state index in [9.17, 15) is 4.39 Å². The summed E-state index contributed by atoms with van der Waals surface area (Å²) < 4.78 is 13.9. The van der Waals surface area contributed by atoms with Gasteiger partial charge < -0.3 is 10.6 Å². The molecule has 1 aliphatic heterocycles. The fourth-order valence-corrected chi connectivity index (χ4v) is 3.65. The second-order valence-corrected chi connectivity index (χ2v) is 5.79. The summed E-state index contributed by atoms with van der Waals surface area (Å²) in [7, 11) is 0. The van der Waals surface area contributed by atoms with Crippen molar-refractivity contribution in [2.45, 2.75) is 19.3 Å². The van der Waals surface area contributed by atoms with Gasteiger partial charge in [0.15, 0.2) is 0 Å². The molecular weight excluding hydrogens is 247 g/mol. The summed E-state index contributed by atoms with van der Waals surface area (Å²) in [4.78, 5) is 2.41. The average Bonchev–Trinajstić information content (AvgIpc) is 2.87. The number of nitrogens with zero attached hydrogens (tertiary/aromatic N) is 1. The lowest BCUT2D eigenvalue weighted by Crippen LogP contribution is -2.25. The van der Waals surface area contributed by atoms with Crippen LogP contribution in [0.5, 0.6) is 0 Å². The van der Waals surface area contributed by atoms with Gasteiger partial charge in [0.25, 0.3) is 0 Å². The van der Waals surface area contributed by atoms with Crippen molar-refractivity contribution in [1.82, 2.24) is 0 Å². The Morgan fingerprint density at radius 3 is 2.56 bits per heavy atom. The lowest BCUT2D eigenvalue weighted by molar-refractivity contribution is 0.494. The van der Waals surface area contributed by atoms with Gasteiger partial charge in [-0.25, -0.2) is 4.39 Å². The monoisotopic (exact) mass is 264 g/mol. The highest BCUT2D eigenvalue weighted by atomic mass is 32.1. The third-order valence-electron chi connectivity index (χ3n) is 4.30. The number of rotatable bonds is 2. The third-order valence-corrected chi connectivity index (χ3v) is 4.51. The number of halogens is 1. The summed E-state index contributed by atoms with van der Waals surface area (Å²) in [5.41, 5.74) is 6.95. The van der Waals surface area contributed by atoms with Gasteiger partial charge in [-0.1, -0.05) is 24.7 Å². The van der Waals surface area contributed by atoms with Crippen molar-refractivity contribution in [2.24, 2.45) is 17.6 Å². The SMILES string of the molecule is NC(=S)c1c(F)cccc1N1CC2CCCC2C1. The zero-order valence-corrected chi connectivity index (χ0v) is 11.0. The van der Waals surface area contributed by atoms with Crippen molar-refractivity contribution < 1.29 is 4.39 Å². The number of nitrogens with two attached hydrogens (primary N) is 1. The highest BCUT2D eigenvalue weighted by Crippen LogP contribution is 2.40. The van der Waals surface area contributed by atoms with E-state index in [1.807, 2.05) is 6.07 Å². The lowest BCUT2D eigenvalue weighted by Gasteiger charge is -2.22. The van der Waals surface area contributed by atoms with Crippen molar-refractivity contribution in [2.75, 3.05) is 18.0 Å². The van der Waals surface area contributed by atoms with E-state index in [0.29, 0.717) is 5.56 Å². The first-order chi connectivity index (χ1) is 8.66. The van der Waals surface area contributed by atoms with E-state index in [2.05, 4.69) is 4.90 Å². The molecule has 1 saturated heterocycles. The van der Waals surface area contributed by atoms with Crippen LogP contribution in [-0.2, 0) is 0 Å². The second kappa shape index (κ2) is 4.50. The fourth-order valence-electron chi connectivity index (χ4n) is 3.45. The van der Waals surface area contributed by atoms with E-state index >= 15 is 0 Å². The van der Waals surface area contributed by atoms with Gasteiger partial charge in [-0.2, -0.15) is 0 Å². The normalized spacial score (nSPS) is 26.4. The number of hydrogen-bond donors (Lipinski definition) is 1. The minimum absolute atomic E-state index is 0.153. The molecule has 1 heterocycles. The highest BCUT2D eigenvalue weighted by molar-refractivity contribution is 7.80. The van der Waals surface area contributed by atoms with E-state index in [-0.39, 0.29) is 10.8 Å². The summed E-state index contributed by atoms with van der Waals surface area (Å²) in [6.45, 7) is 2.04. The van der Waals surface area contributed by atoms with Crippen LogP contribution in [0.1, 0.15) is 24.8 Å². The van der Waals surface area contributed by atoms with E-state index in [0.717, 1.165) is 30.6 Å². The van der Waals surface area contributed by atoms with Gasteiger partial charge in [-0.15, -0.1) is 0 Å². The standard InChI is InChI=1S/C14H17FN2S/c15-11-5-2-6-12(13(11)14(16)18)17-7-9-3-1-4-10(9)8-17/h2,5-6,9-10H,1,3-4,7-8H2,(H2,16,18). The minimum Gasteiger partial charge on any atom is -0.389 e. The maximum absolute atomic E-state index is 13.9. The summed E-state index contributed by atoms with van der Waals surface area (Å²) in [6, 6.07) is 5.09. The number of anilines is 1. The molecular formula is C14H17FN2S. The number of fused-ring (bicyclic) bond motifs is 1. The Labute approximate surface area is 112 Å². The molecule has 2 aliphatic rings. The Morgan fingerprint density at radius 1 is 1.28 bits per heavy atom. The Bertz CT molecular complexity index is 477. The van der Waals surface area contributed by atoms with Gasteiger partial charge in [0.05, 0.1) is 5.56 Å². The number of benzene rings is 1. The third kappa shape index (κ3) is 1.88. The van der Waals surface area contributed by atoms with Gasteiger partial charge in [-0.3, -0.25) is 0 Å². The molecule has 2 unspecified atom stereocenters. The summed E-state index contributed by atoms with van der Waals surface area (Å²) in [5.74, 6) is 1.23. The van der Waals surface area contributed by atoms with Crippen molar-refractivity contribution >= 4 is 22.9 Å². The lowest BCUT2D eigenvalue weighted by atomic mass is 10.0. The van der Waals surface area contributed by atoms with Crippen LogP contribution in [0, 0.1) is 17.7 Å². The molecule has 0 aromatic heterocycles. The van der Waals surface area contributed by atoms with Crippen LogP contribution < -0.4 is 10.6 Å². The molecule has 1 aromatic carbocycles. The van der Waals surface area contributed by atoms with Crippen LogP contribution in [-0.4, -0.2) is 18.1 Å². The predicted octanol–water partition coefficient (Wildman–Crippen LogP) is 2.70. The van der Waals surface area contributed by atoms with Crippen molar-refractivity contribution in [3.8, 4) is 0 Å². The first kappa shape index (κ1) is 11.9. The molecule has 3 rings (SSSR count). The van der Waals surface area contributed by atoms with Gasteiger partial charge in [0.2, 0.25) is 0 Å². The summed E-state index contributed by atoms with van der Waals surface area (Å²) >= 11 is 4.98. The van der Waals surface area contributed by atoms with Crippen LogP contribution in [0.15, 0.2) is 18.2 Å². The number of thiocarbonyl (C=S) groups is 1. The molecule has 2 fully saturated rings. The molecule has 18 heavy (non-hydrogen) atoms. The van der Waals surface area contributed by atoms with Crippen molar-refractivity contribution in [3.05, 3.63) is 29.6 Å². The Kier molecular flexibility index (Phi) is 2.98. The van der Waals surface area contributed by atoms with Crippen LogP contribution >= 0.6 is 12.2 Å². The van der Waals surface area contributed by atoms with Gasteiger partial charge in [0, 0.05) is 18.8 Å². The minimum atomic E-state index is -0.308. The molecule has 4 heteroatoms. The first-order valence-corrected chi connectivity index (χ1v) is 6.91. The smallest absolute Gasteiger partial charge is 0.135 e. The molecule has 1 saturated carbocycles. The molecule has 0 radical (unpaired) electrons. The van der Waals surface area contributed by atoms with Gasteiger partial charge >= 0.3 is 0 Å². The maximum Gasteiger partial charge on any atom is 0.135 e. The molecule has 2 N–H and O–H groups in total. The largest absolute Gasteiger partial charge is 0.389 e. The van der Waals surface area contributed by atoms with Gasteiger partial charge in [0.1, 0.15) is 10.8 Å². The molecule has 1 aliphatic carbocycles. The Balaban J connectivity index is 1.93. The quantitative estimate of drug-likeness (QED) is 0.833. The average molecular weight is 264 g/mol. The molecule has 0 amide bonds. The van der Waals surface area contributed by atoms with Crippen LogP contribution in [0.2, 0.25) is 0 Å². The van der Waals surface area contributed by atoms with Crippen LogP contribution in [0.3, 0.4) is 0 Å². The molecule has 2 atom stereocenters. The van der Waals surface area contributed by atoms with Crippen LogP contribution in [0.25, 0.3) is 0 Å². The van der Waals surface area contributed by atoms with E-state index < -0.39 is 0 Å². The highest BCUT2D eigenvalue weighted by Gasteiger charge is 2.37. The topological polar surface area (TPSA) is 29.3 Å². The van der Waals surface area contributed by atoms with Crippen molar-refractivity contribution in [1.29, 1.82) is 0 Å². The Hall–Kier alpha value is -1.16. The summed E-state index contributed by atoms with van der Waals surface area (Å²) in [6.07, 6.45) is 3.95. The molecule has 0 spiro atoms. The van der Waals surface area contributed by atoms with E-state index in [1.54, 1.807) is 6.07 Å². The Morgan fingerprint density at radius 2 is 1.94 bits per heavy atom. The molecule has 0 bridgehead atoms. The van der Waals surface area contributed by atoms with E-state index in [4.69, 9.17) is 18.0 Å². The summed E-state index contributed by atoms with van der Waals surface area (Å²) in [5, 5.41) is 0. The second-order valence-electron chi connectivity index (χ2n) is 5.35. The predicted molar refractivity (Wildman–Crippen MR) is 75.3 cm³/mol. The zero-order valence-electron chi connectivity index (χ0n) is 10.2. The molecule has 2 nitrogen and oxygen atoms in total. The van der Waals surface area contributed by atoms with Crippen LogP contribution in [0.4, 0.5) is 10.1 Å².